The second-order valence-corrected chi connectivity index (χ2v) is 4.91. The summed E-state index contributed by atoms with van der Waals surface area (Å²) in [5.74, 6) is -1.24. The molecule has 7 heteroatoms. The van der Waals surface area contributed by atoms with Crippen LogP contribution in [0.15, 0.2) is 23.1 Å². The molecular formula is C13H17FN2O3S. The fourth-order valence-corrected chi connectivity index (χ4v) is 2.16. The fourth-order valence-electron chi connectivity index (χ4n) is 1.56. The van der Waals surface area contributed by atoms with E-state index in [9.17, 15) is 14.0 Å². The van der Waals surface area contributed by atoms with Gasteiger partial charge in [-0.3, -0.25) is 4.79 Å². The quantitative estimate of drug-likeness (QED) is 0.533. The second kappa shape index (κ2) is 8.42. The van der Waals surface area contributed by atoms with Gasteiger partial charge in [-0.05, 0) is 36.4 Å². The van der Waals surface area contributed by atoms with Crippen molar-refractivity contribution in [1.29, 1.82) is 0 Å². The normalized spacial score (nSPS) is 10.1. The maximum Gasteiger partial charge on any atom is 0.315 e. The highest BCUT2D eigenvalue weighted by Gasteiger charge is 2.06. The van der Waals surface area contributed by atoms with Gasteiger partial charge in [-0.15, -0.1) is 11.8 Å². The second-order valence-electron chi connectivity index (χ2n) is 4.06. The molecule has 0 spiro atoms. The number of hydrogen-bond donors (Lipinski definition) is 3. The third-order valence-electron chi connectivity index (χ3n) is 2.53. The van der Waals surface area contributed by atoms with E-state index in [1.165, 1.54) is 23.9 Å². The van der Waals surface area contributed by atoms with Crippen LogP contribution in [0.2, 0.25) is 0 Å². The number of amides is 2. The lowest BCUT2D eigenvalue weighted by atomic mass is 10.2. The minimum absolute atomic E-state index is 0.0147. The van der Waals surface area contributed by atoms with Crippen LogP contribution in [0.25, 0.3) is 0 Å². The Kier molecular flexibility index (Phi) is 6.86. The van der Waals surface area contributed by atoms with E-state index in [2.05, 4.69) is 10.6 Å². The van der Waals surface area contributed by atoms with Crippen molar-refractivity contribution in [3.8, 4) is 0 Å². The number of rotatable bonds is 7. The number of carboxylic acids is 1. The molecule has 0 aliphatic heterocycles. The molecule has 0 aliphatic rings. The van der Waals surface area contributed by atoms with Gasteiger partial charge in [0.05, 0.1) is 0 Å². The van der Waals surface area contributed by atoms with Crippen LogP contribution in [0.4, 0.5) is 9.18 Å². The number of carbonyl (C=O) groups is 2. The van der Waals surface area contributed by atoms with Crippen molar-refractivity contribution in [1.82, 2.24) is 10.6 Å². The molecule has 0 aromatic heterocycles. The number of hydrogen-bond acceptors (Lipinski definition) is 3. The Morgan fingerprint density at radius 3 is 2.75 bits per heavy atom. The first-order valence-corrected chi connectivity index (χ1v) is 7.31. The first-order valence-electron chi connectivity index (χ1n) is 6.09. The summed E-state index contributed by atoms with van der Waals surface area (Å²) in [6, 6.07) is 4.03. The van der Waals surface area contributed by atoms with Crippen molar-refractivity contribution in [2.75, 3.05) is 12.8 Å². The van der Waals surface area contributed by atoms with Crippen LogP contribution in [0.1, 0.15) is 18.4 Å². The lowest BCUT2D eigenvalue weighted by Crippen LogP contribution is -2.35. The van der Waals surface area contributed by atoms with Crippen molar-refractivity contribution in [2.24, 2.45) is 0 Å². The standard InChI is InChI=1S/C13H17FN2O3S/c1-20-11-5-4-10(14)7-9(11)8-16-13(19)15-6-2-3-12(17)18/h4-5,7H,2-3,6,8H2,1H3,(H,17,18)(H2,15,16,19). The van der Waals surface area contributed by atoms with Crippen molar-refractivity contribution < 1.29 is 19.1 Å². The van der Waals surface area contributed by atoms with E-state index in [4.69, 9.17) is 5.11 Å². The summed E-state index contributed by atoms with van der Waals surface area (Å²) in [6.07, 6.45) is 2.27. The molecule has 1 rings (SSSR count). The fraction of sp³-hybridized carbons (Fsp3) is 0.385. The van der Waals surface area contributed by atoms with Gasteiger partial charge in [-0.25, -0.2) is 9.18 Å². The third kappa shape index (κ3) is 5.92. The molecular weight excluding hydrogens is 283 g/mol. The number of halogens is 1. The van der Waals surface area contributed by atoms with Crippen LogP contribution in [-0.2, 0) is 11.3 Å². The van der Waals surface area contributed by atoms with Gasteiger partial charge in [-0.2, -0.15) is 0 Å². The van der Waals surface area contributed by atoms with Gasteiger partial charge in [0.25, 0.3) is 0 Å². The predicted octanol–water partition coefficient (Wildman–Crippen LogP) is 2.21. The minimum Gasteiger partial charge on any atom is -0.481 e. The van der Waals surface area contributed by atoms with E-state index < -0.39 is 12.0 Å². The summed E-state index contributed by atoms with van der Waals surface area (Å²) in [6.45, 7) is 0.509. The molecule has 1 aromatic carbocycles. The van der Waals surface area contributed by atoms with Gasteiger partial charge in [0.1, 0.15) is 5.82 Å². The van der Waals surface area contributed by atoms with E-state index >= 15 is 0 Å². The topological polar surface area (TPSA) is 78.4 Å². The first-order chi connectivity index (χ1) is 9.52. The van der Waals surface area contributed by atoms with Crippen molar-refractivity contribution >= 4 is 23.8 Å². The van der Waals surface area contributed by atoms with Crippen LogP contribution in [0.3, 0.4) is 0 Å². The number of aliphatic carboxylic acids is 1. The van der Waals surface area contributed by atoms with Gasteiger partial charge in [-0.1, -0.05) is 0 Å². The molecule has 0 saturated carbocycles. The molecule has 110 valence electrons. The number of benzene rings is 1. The molecule has 3 N–H and O–H groups in total. The summed E-state index contributed by atoms with van der Waals surface area (Å²) < 4.78 is 13.1. The largest absolute Gasteiger partial charge is 0.481 e. The van der Waals surface area contributed by atoms with Crippen molar-refractivity contribution in [3.05, 3.63) is 29.6 Å². The van der Waals surface area contributed by atoms with Gasteiger partial charge in [0.2, 0.25) is 0 Å². The highest BCUT2D eigenvalue weighted by atomic mass is 32.2. The molecule has 20 heavy (non-hydrogen) atoms. The summed E-state index contributed by atoms with van der Waals surface area (Å²) in [5.41, 5.74) is 0.707. The molecule has 0 bridgehead atoms. The Labute approximate surface area is 120 Å². The van der Waals surface area contributed by atoms with Crippen molar-refractivity contribution in [2.45, 2.75) is 24.3 Å². The van der Waals surface area contributed by atoms with E-state index in [0.717, 1.165) is 4.90 Å². The zero-order valence-corrected chi connectivity index (χ0v) is 11.9. The van der Waals surface area contributed by atoms with Crippen LogP contribution in [-0.4, -0.2) is 29.9 Å². The lowest BCUT2D eigenvalue weighted by molar-refractivity contribution is -0.137. The number of urea groups is 1. The molecule has 5 nitrogen and oxygen atoms in total. The molecule has 0 saturated heterocycles. The average Bonchev–Trinajstić information content (AvgIpc) is 2.41. The van der Waals surface area contributed by atoms with Gasteiger partial charge in [0, 0.05) is 24.4 Å². The molecule has 2 amide bonds. The van der Waals surface area contributed by atoms with Gasteiger partial charge in [0.15, 0.2) is 0 Å². The Morgan fingerprint density at radius 2 is 2.10 bits per heavy atom. The molecule has 0 aliphatic carbocycles. The maximum absolute atomic E-state index is 13.1. The number of thioether (sulfide) groups is 1. The highest BCUT2D eigenvalue weighted by Crippen LogP contribution is 2.20. The van der Waals surface area contributed by atoms with Gasteiger partial charge < -0.3 is 15.7 Å². The summed E-state index contributed by atoms with van der Waals surface area (Å²) in [7, 11) is 0. The average molecular weight is 300 g/mol. The minimum atomic E-state index is -0.892. The zero-order chi connectivity index (χ0) is 15.0. The van der Waals surface area contributed by atoms with Crippen LogP contribution < -0.4 is 10.6 Å². The SMILES string of the molecule is CSc1ccc(F)cc1CNC(=O)NCCCC(=O)O. The number of nitrogens with one attached hydrogen (secondary N) is 2. The molecule has 0 unspecified atom stereocenters. The van der Waals surface area contributed by atoms with Crippen LogP contribution >= 0.6 is 11.8 Å². The zero-order valence-electron chi connectivity index (χ0n) is 11.1. The van der Waals surface area contributed by atoms with Crippen LogP contribution in [0.5, 0.6) is 0 Å². The summed E-state index contributed by atoms with van der Waals surface area (Å²) >= 11 is 1.48. The molecule has 0 atom stereocenters. The number of carboxylic acid groups (broad SMARTS) is 1. The highest BCUT2D eigenvalue weighted by molar-refractivity contribution is 7.98. The monoisotopic (exact) mass is 300 g/mol. The summed E-state index contributed by atoms with van der Waals surface area (Å²) in [5, 5.41) is 13.6. The third-order valence-corrected chi connectivity index (χ3v) is 3.37. The van der Waals surface area contributed by atoms with E-state index in [1.54, 1.807) is 6.07 Å². The van der Waals surface area contributed by atoms with Crippen LogP contribution in [0, 0.1) is 5.82 Å². The molecule has 0 radical (unpaired) electrons. The van der Waals surface area contributed by atoms with Gasteiger partial charge >= 0.3 is 12.0 Å². The molecule has 0 fully saturated rings. The van der Waals surface area contributed by atoms with E-state index in [-0.39, 0.29) is 25.3 Å². The maximum atomic E-state index is 13.1. The Morgan fingerprint density at radius 1 is 1.35 bits per heavy atom. The number of carbonyl (C=O) groups excluding carboxylic acids is 1. The Balaban J connectivity index is 2.37. The molecule has 1 aromatic rings. The van der Waals surface area contributed by atoms with Crippen molar-refractivity contribution in [3.63, 3.8) is 0 Å². The summed E-state index contributed by atoms with van der Waals surface area (Å²) in [4.78, 5) is 22.7. The smallest absolute Gasteiger partial charge is 0.315 e. The lowest BCUT2D eigenvalue weighted by Gasteiger charge is -2.10. The van der Waals surface area contributed by atoms with E-state index in [0.29, 0.717) is 12.0 Å². The van der Waals surface area contributed by atoms with E-state index in [1.807, 2.05) is 6.26 Å². The Hall–Kier alpha value is -1.76. The molecule has 0 heterocycles. The Bertz CT molecular complexity index is 483. The first kappa shape index (κ1) is 16.3. The predicted molar refractivity (Wildman–Crippen MR) is 75.3 cm³/mol.